The lowest BCUT2D eigenvalue weighted by molar-refractivity contribution is -0.181. The number of carbonyl (C=O) groups excluding carboxylic acids is 1. The van der Waals surface area contributed by atoms with E-state index in [4.69, 9.17) is 21.1 Å². The summed E-state index contributed by atoms with van der Waals surface area (Å²) < 4.78 is 11.4. The van der Waals surface area contributed by atoms with Crippen LogP contribution in [0.4, 0.5) is 11.6 Å². The minimum absolute atomic E-state index is 0.115. The molecule has 1 amide bonds. The fourth-order valence-corrected chi connectivity index (χ4v) is 3.60. The van der Waals surface area contributed by atoms with E-state index in [0.29, 0.717) is 67.2 Å². The number of para-hydroxylation sites is 1. The molecule has 2 fully saturated rings. The highest BCUT2D eigenvalue weighted by Gasteiger charge is 2.41. The third-order valence-corrected chi connectivity index (χ3v) is 5.15. The van der Waals surface area contributed by atoms with Crippen LogP contribution in [0.2, 0.25) is 5.02 Å². The van der Waals surface area contributed by atoms with E-state index in [2.05, 4.69) is 15.3 Å². The van der Waals surface area contributed by atoms with Crippen molar-refractivity contribution in [3.8, 4) is 0 Å². The summed E-state index contributed by atoms with van der Waals surface area (Å²) in [5.74, 6) is -0.271. The molecule has 0 saturated carbocycles. The number of aryl methyl sites for hydroxylation is 1. The van der Waals surface area contributed by atoms with Gasteiger partial charge in [-0.15, -0.1) is 0 Å². The first-order valence-corrected chi connectivity index (χ1v) is 9.37. The molecule has 1 aromatic heterocycles. The number of benzene rings is 1. The normalized spacial score (nSPS) is 18.7. The number of halogens is 1. The highest BCUT2D eigenvalue weighted by atomic mass is 35.5. The summed E-state index contributed by atoms with van der Waals surface area (Å²) in [7, 11) is 0. The van der Waals surface area contributed by atoms with Gasteiger partial charge in [0.05, 0.1) is 23.9 Å². The predicted octanol–water partition coefficient (Wildman–Crippen LogP) is 3.16. The lowest BCUT2D eigenvalue weighted by Crippen LogP contribution is -2.47. The van der Waals surface area contributed by atoms with Crippen LogP contribution < -0.4 is 5.32 Å². The minimum atomic E-state index is -0.505. The Labute approximate surface area is 162 Å². The van der Waals surface area contributed by atoms with E-state index < -0.39 is 5.79 Å². The number of hydrogen-bond acceptors (Lipinski definition) is 6. The summed E-state index contributed by atoms with van der Waals surface area (Å²) >= 11 is 6.18. The molecule has 0 radical (unpaired) electrons. The second-order valence-corrected chi connectivity index (χ2v) is 7.13. The van der Waals surface area contributed by atoms with E-state index in [1.165, 1.54) is 0 Å². The highest BCUT2D eigenvalue weighted by molar-refractivity contribution is 6.33. The Hall–Kier alpha value is -2.22. The Bertz CT molecular complexity index is 845. The van der Waals surface area contributed by atoms with Gasteiger partial charge in [-0.05, 0) is 25.1 Å². The molecule has 0 aliphatic carbocycles. The second-order valence-electron chi connectivity index (χ2n) is 6.72. The molecule has 4 rings (SSSR count). The number of aromatic nitrogens is 2. The molecular formula is C19H21ClN4O3. The Morgan fingerprint density at radius 3 is 2.59 bits per heavy atom. The fourth-order valence-electron chi connectivity index (χ4n) is 3.42. The average molecular weight is 389 g/mol. The van der Waals surface area contributed by atoms with Crippen LogP contribution in [-0.4, -0.2) is 52.9 Å². The lowest BCUT2D eigenvalue weighted by atomic mass is 10.0. The van der Waals surface area contributed by atoms with Gasteiger partial charge in [0, 0.05) is 31.6 Å². The van der Waals surface area contributed by atoms with Gasteiger partial charge in [-0.1, -0.05) is 23.7 Å². The third-order valence-electron chi connectivity index (χ3n) is 4.82. The maximum atomic E-state index is 12.9. The highest BCUT2D eigenvalue weighted by Crippen LogP contribution is 2.31. The van der Waals surface area contributed by atoms with Crippen molar-refractivity contribution in [1.29, 1.82) is 0 Å². The number of anilines is 2. The molecule has 142 valence electrons. The van der Waals surface area contributed by atoms with Gasteiger partial charge < -0.3 is 19.7 Å². The third kappa shape index (κ3) is 3.90. The minimum Gasteiger partial charge on any atom is -0.347 e. The molecule has 27 heavy (non-hydrogen) atoms. The zero-order valence-corrected chi connectivity index (χ0v) is 15.8. The maximum Gasteiger partial charge on any atom is 0.272 e. The maximum absolute atomic E-state index is 12.9. The summed E-state index contributed by atoms with van der Waals surface area (Å²) in [5, 5.41) is 3.65. The van der Waals surface area contributed by atoms with E-state index in [-0.39, 0.29) is 5.91 Å². The van der Waals surface area contributed by atoms with Gasteiger partial charge in [-0.3, -0.25) is 4.79 Å². The van der Waals surface area contributed by atoms with Crippen LogP contribution in [0.15, 0.2) is 30.3 Å². The van der Waals surface area contributed by atoms with Crippen molar-refractivity contribution in [2.24, 2.45) is 0 Å². The van der Waals surface area contributed by atoms with E-state index in [1.807, 2.05) is 25.1 Å². The number of carbonyl (C=O) groups is 1. The molecule has 2 aliphatic rings. The van der Waals surface area contributed by atoms with Crippen LogP contribution in [0.25, 0.3) is 0 Å². The van der Waals surface area contributed by atoms with Crippen LogP contribution in [-0.2, 0) is 9.47 Å². The van der Waals surface area contributed by atoms with Gasteiger partial charge >= 0.3 is 0 Å². The number of ether oxygens (including phenoxy) is 2. The first-order chi connectivity index (χ1) is 13.0. The summed E-state index contributed by atoms with van der Waals surface area (Å²) in [6.07, 6.45) is 1.35. The average Bonchev–Trinajstić information content (AvgIpc) is 3.11. The van der Waals surface area contributed by atoms with E-state index in [1.54, 1.807) is 17.0 Å². The van der Waals surface area contributed by atoms with Gasteiger partial charge in [-0.2, -0.15) is 0 Å². The molecule has 1 spiro atoms. The fraction of sp³-hybridized carbons (Fsp3) is 0.421. The zero-order chi connectivity index (χ0) is 18.9. The number of piperidine rings is 1. The van der Waals surface area contributed by atoms with Gasteiger partial charge in [0.2, 0.25) is 5.95 Å². The van der Waals surface area contributed by atoms with Crippen LogP contribution in [0, 0.1) is 6.92 Å². The molecule has 2 aromatic rings. The molecule has 1 aromatic carbocycles. The molecule has 3 heterocycles. The quantitative estimate of drug-likeness (QED) is 0.870. The largest absolute Gasteiger partial charge is 0.347 e. The van der Waals surface area contributed by atoms with Crippen LogP contribution in [0.3, 0.4) is 0 Å². The predicted molar refractivity (Wildman–Crippen MR) is 101 cm³/mol. The summed E-state index contributed by atoms with van der Waals surface area (Å²) in [5.41, 5.74) is 1.76. The molecule has 2 aliphatic heterocycles. The van der Waals surface area contributed by atoms with E-state index >= 15 is 0 Å². The van der Waals surface area contributed by atoms with Crippen molar-refractivity contribution in [3.05, 3.63) is 46.7 Å². The Morgan fingerprint density at radius 1 is 1.19 bits per heavy atom. The van der Waals surface area contributed by atoms with Crippen molar-refractivity contribution in [3.63, 3.8) is 0 Å². The topological polar surface area (TPSA) is 76.6 Å². The molecule has 7 nitrogen and oxygen atoms in total. The first kappa shape index (κ1) is 18.2. The number of amides is 1. The van der Waals surface area contributed by atoms with Crippen molar-refractivity contribution in [2.45, 2.75) is 25.6 Å². The monoisotopic (exact) mass is 388 g/mol. The van der Waals surface area contributed by atoms with Gasteiger partial charge in [0.15, 0.2) is 5.79 Å². The van der Waals surface area contributed by atoms with Gasteiger partial charge in [0.1, 0.15) is 5.69 Å². The summed E-state index contributed by atoms with van der Waals surface area (Å²) in [6, 6.07) is 9.03. The molecule has 8 heteroatoms. The summed E-state index contributed by atoms with van der Waals surface area (Å²) in [4.78, 5) is 23.5. The van der Waals surface area contributed by atoms with Crippen LogP contribution >= 0.6 is 11.6 Å². The number of nitrogens with one attached hydrogen (secondary N) is 1. The summed E-state index contributed by atoms with van der Waals surface area (Å²) in [6.45, 7) is 4.23. The smallest absolute Gasteiger partial charge is 0.272 e. The van der Waals surface area contributed by atoms with Crippen molar-refractivity contribution < 1.29 is 14.3 Å². The van der Waals surface area contributed by atoms with Crippen LogP contribution in [0.5, 0.6) is 0 Å². The SMILES string of the molecule is Cc1cc(C(=O)N2CCC3(CC2)OCCO3)nc(Nc2ccccc2Cl)n1. The Balaban J connectivity index is 1.49. The number of likely N-dealkylation sites (tertiary alicyclic amines) is 1. The Kier molecular flexibility index (Phi) is 4.99. The first-order valence-electron chi connectivity index (χ1n) is 8.99. The zero-order valence-electron chi connectivity index (χ0n) is 15.1. The van der Waals surface area contributed by atoms with Crippen LogP contribution in [0.1, 0.15) is 29.0 Å². The molecular weight excluding hydrogens is 368 g/mol. The molecule has 0 atom stereocenters. The van der Waals surface area contributed by atoms with E-state index in [0.717, 1.165) is 0 Å². The second kappa shape index (κ2) is 7.42. The van der Waals surface area contributed by atoms with Gasteiger partial charge in [0.25, 0.3) is 5.91 Å². The Morgan fingerprint density at radius 2 is 1.89 bits per heavy atom. The number of nitrogens with zero attached hydrogens (tertiary/aromatic N) is 3. The van der Waals surface area contributed by atoms with Crippen molar-refractivity contribution in [2.75, 3.05) is 31.6 Å². The van der Waals surface area contributed by atoms with E-state index in [9.17, 15) is 4.79 Å². The lowest BCUT2D eigenvalue weighted by Gasteiger charge is -2.37. The standard InChI is InChI=1S/C19H21ClN4O3/c1-13-12-16(23-18(21-13)22-15-5-3-2-4-14(15)20)17(25)24-8-6-19(7-9-24)26-10-11-27-19/h2-5,12H,6-11H2,1H3,(H,21,22,23). The van der Waals surface area contributed by atoms with Crippen molar-refractivity contribution >= 4 is 29.1 Å². The molecule has 0 unspecified atom stereocenters. The molecule has 0 bridgehead atoms. The molecule has 2 saturated heterocycles. The van der Waals surface area contributed by atoms with Gasteiger partial charge in [-0.25, -0.2) is 9.97 Å². The van der Waals surface area contributed by atoms with Crippen molar-refractivity contribution in [1.82, 2.24) is 14.9 Å². The number of hydrogen-bond donors (Lipinski definition) is 1. The molecule has 1 N–H and O–H groups in total. The number of rotatable bonds is 3.